The van der Waals surface area contributed by atoms with Crippen LogP contribution in [0.25, 0.3) is 0 Å². The molecule has 0 spiro atoms. The molecule has 0 radical (unpaired) electrons. The van der Waals surface area contributed by atoms with Gasteiger partial charge in [0, 0.05) is 17.8 Å². The minimum Gasteiger partial charge on any atom is -0.444 e. The van der Waals surface area contributed by atoms with Crippen molar-refractivity contribution < 1.29 is 14.0 Å². The lowest BCUT2D eigenvalue weighted by molar-refractivity contribution is 0.0947. The van der Waals surface area contributed by atoms with Crippen LogP contribution in [0, 0.1) is 5.92 Å². The van der Waals surface area contributed by atoms with Crippen molar-refractivity contribution in [1.82, 2.24) is 5.32 Å². The minimum absolute atomic E-state index is 0.162. The first-order valence-corrected chi connectivity index (χ1v) is 7.70. The molecule has 2 rings (SSSR count). The van der Waals surface area contributed by atoms with Gasteiger partial charge in [-0.05, 0) is 52.2 Å². The quantitative estimate of drug-likeness (QED) is 0.849. The number of carbonyl (C=O) groups excluding carboxylic acids is 2. The molecular formula is C16H17BrN2O3. The minimum atomic E-state index is -0.370. The molecule has 5 nitrogen and oxygen atoms in total. The van der Waals surface area contributed by atoms with E-state index in [4.69, 9.17) is 4.42 Å². The fourth-order valence-corrected chi connectivity index (χ4v) is 2.07. The number of rotatable bonds is 5. The predicted molar refractivity (Wildman–Crippen MR) is 88.0 cm³/mol. The molecule has 2 amide bonds. The molecule has 1 aromatic heterocycles. The average molecular weight is 365 g/mol. The lowest BCUT2D eigenvalue weighted by Crippen LogP contribution is -2.27. The van der Waals surface area contributed by atoms with Crippen molar-refractivity contribution in [2.24, 2.45) is 5.92 Å². The van der Waals surface area contributed by atoms with Crippen molar-refractivity contribution in [3.8, 4) is 0 Å². The first-order valence-electron chi connectivity index (χ1n) is 6.90. The highest BCUT2D eigenvalue weighted by Crippen LogP contribution is 2.17. The maximum absolute atomic E-state index is 12.0. The second kappa shape index (κ2) is 7.26. The maximum Gasteiger partial charge on any atom is 0.291 e. The third kappa shape index (κ3) is 4.46. The van der Waals surface area contributed by atoms with E-state index in [-0.39, 0.29) is 17.6 Å². The smallest absolute Gasteiger partial charge is 0.291 e. The number of hydrogen-bond acceptors (Lipinski definition) is 3. The summed E-state index contributed by atoms with van der Waals surface area (Å²) in [5.74, 6) is 0.0433. The van der Waals surface area contributed by atoms with Crippen LogP contribution in [-0.4, -0.2) is 18.4 Å². The Balaban J connectivity index is 2.05. The summed E-state index contributed by atoms with van der Waals surface area (Å²) in [7, 11) is 0. The van der Waals surface area contributed by atoms with Gasteiger partial charge in [-0.15, -0.1) is 0 Å². The Labute approximate surface area is 137 Å². The van der Waals surface area contributed by atoms with Crippen molar-refractivity contribution in [2.45, 2.75) is 13.8 Å². The number of benzene rings is 1. The summed E-state index contributed by atoms with van der Waals surface area (Å²) in [4.78, 5) is 24.0. The number of anilines is 1. The third-order valence-corrected chi connectivity index (χ3v) is 3.28. The molecule has 0 fully saturated rings. The highest BCUT2D eigenvalue weighted by Gasteiger charge is 2.12. The van der Waals surface area contributed by atoms with Crippen molar-refractivity contribution in [3.05, 3.63) is 52.4 Å². The third-order valence-electron chi connectivity index (χ3n) is 2.85. The summed E-state index contributed by atoms with van der Waals surface area (Å²) >= 11 is 3.15. The molecule has 0 aliphatic rings. The Morgan fingerprint density at radius 1 is 1.18 bits per heavy atom. The van der Waals surface area contributed by atoms with Crippen molar-refractivity contribution in [2.75, 3.05) is 11.9 Å². The van der Waals surface area contributed by atoms with Gasteiger partial charge in [-0.3, -0.25) is 9.59 Å². The molecule has 0 unspecified atom stereocenters. The topological polar surface area (TPSA) is 71.3 Å². The summed E-state index contributed by atoms with van der Waals surface area (Å²) < 4.78 is 5.67. The Morgan fingerprint density at radius 2 is 1.95 bits per heavy atom. The van der Waals surface area contributed by atoms with Crippen LogP contribution in [-0.2, 0) is 0 Å². The van der Waals surface area contributed by atoms with Gasteiger partial charge in [0.1, 0.15) is 0 Å². The Morgan fingerprint density at radius 3 is 2.59 bits per heavy atom. The van der Waals surface area contributed by atoms with Crippen LogP contribution >= 0.6 is 15.9 Å². The van der Waals surface area contributed by atoms with E-state index in [9.17, 15) is 9.59 Å². The highest BCUT2D eigenvalue weighted by atomic mass is 79.9. The Bertz CT molecular complexity index is 680. The Hall–Kier alpha value is -2.08. The number of amides is 2. The molecule has 0 bridgehead atoms. The van der Waals surface area contributed by atoms with Gasteiger partial charge >= 0.3 is 0 Å². The van der Waals surface area contributed by atoms with Gasteiger partial charge in [0.05, 0.1) is 0 Å². The maximum atomic E-state index is 12.0. The van der Waals surface area contributed by atoms with Gasteiger partial charge in [-0.2, -0.15) is 0 Å². The summed E-state index contributed by atoms with van der Waals surface area (Å²) in [5, 5.41) is 5.54. The second-order valence-electron chi connectivity index (χ2n) is 5.24. The highest BCUT2D eigenvalue weighted by molar-refractivity contribution is 9.10. The molecule has 116 valence electrons. The van der Waals surface area contributed by atoms with E-state index in [1.165, 1.54) is 0 Å². The van der Waals surface area contributed by atoms with Gasteiger partial charge < -0.3 is 15.1 Å². The summed E-state index contributed by atoms with van der Waals surface area (Å²) in [6.45, 7) is 4.66. The van der Waals surface area contributed by atoms with E-state index in [1.807, 2.05) is 13.8 Å². The van der Waals surface area contributed by atoms with Crippen LogP contribution in [0.15, 0.2) is 45.5 Å². The second-order valence-corrected chi connectivity index (χ2v) is 6.02. The molecule has 0 aliphatic heterocycles. The number of nitrogens with one attached hydrogen (secondary N) is 2. The molecule has 6 heteroatoms. The first kappa shape index (κ1) is 16.3. The normalized spacial score (nSPS) is 10.5. The van der Waals surface area contributed by atoms with Crippen LogP contribution in [0.5, 0.6) is 0 Å². The van der Waals surface area contributed by atoms with Gasteiger partial charge in [0.25, 0.3) is 11.8 Å². The number of hydrogen-bond donors (Lipinski definition) is 2. The first-order chi connectivity index (χ1) is 10.5. The lowest BCUT2D eigenvalue weighted by Gasteiger charge is -2.09. The van der Waals surface area contributed by atoms with Crippen LogP contribution in [0.2, 0.25) is 0 Å². The van der Waals surface area contributed by atoms with E-state index < -0.39 is 0 Å². The van der Waals surface area contributed by atoms with Crippen molar-refractivity contribution >= 4 is 33.4 Å². The molecule has 2 N–H and O–H groups in total. The molecule has 1 heterocycles. The Kier molecular flexibility index (Phi) is 5.38. The van der Waals surface area contributed by atoms with E-state index in [2.05, 4.69) is 26.6 Å². The van der Waals surface area contributed by atoms with E-state index in [0.717, 1.165) is 0 Å². The van der Waals surface area contributed by atoms with Gasteiger partial charge in [0.15, 0.2) is 10.4 Å². The van der Waals surface area contributed by atoms with Crippen LogP contribution in [0.4, 0.5) is 5.69 Å². The lowest BCUT2D eigenvalue weighted by atomic mass is 10.1. The van der Waals surface area contributed by atoms with E-state index in [0.29, 0.717) is 28.4 Å². The summed E-state index contributed by atoms with van der Waals surface area (Å²) in [6.07, 6.45) is 0. The fraction of sp³-hybridized carbons (Fsp3) is 0.250. The SMILES string of the molecule is CC(C)CNC(=O)c1cccc(NC(=O)c2ccc(Br)o2)c1. The molecule has 22 heavy (non-hydrogen) atoms. The molecule has 0 saturated heterocycles. The molecule has 0 aliphatic carbocycles. The molecular weight excluding hydrogens is 348 g/mol. The standard InChI is InChI=1S/C16H17BrN2O3/c1-10(2)9-18-15(20)11-4-3-5-12(8-11)19-16(21)13-6-7-14(17)22-13/h3-8,10H,9H2,1-2H3,(H,18,20)(H,19,21). The zero-order chi connectivity index (χ0) is 16.1. The van der Waals surface area contributed by atoms with Crippen molar-refractivity contribution in [3.63, 3.8) is 0 Å². The van der Waals surface area contributed by atoms with Gasteiger partial charge in [0.2, 0.25) is 0 Å². The molecule has 0 saturated carbocycles. The number of carbonyl (C=O) groups is 2. The average Bonchev–Trinajstić information content (AvgIpc) is 2.91. The van der Waals surface area contributed by atoms with Crippen molar-refractivity contribution in [1.29, 1.82) is 0 Å². The number of halogens is 1. The summed E-state index contributed by atoms with van der Waals surface area (Å²) in [5.41, 5.74) is 1.04. The monoisotopic (exact) mass is 364 g/mol. The molecule has 1 aromatic carbocycles. The largest absolute Gasteiger partial charge is 0.444 e. The van der Waals surface area contributed by atoms with Gasteiger partial charge in [-0.1, -0.05) is 19.9 Å². The predicted octanol–water partition coefficient (Wildman–Crippen LogP) is 3.68. The van der Waals surface area contributed by atoms with E-state index >= 15 is 0 Å². The number of furan rings is 1. The fourth-order valence-electron chi connectivity index (χ4n) is 1.77. The van der Waals surface area contributed by atoms with Gasteiger partial charge in [-0.25, -0.2) is 0 Å². The van der Waals surface area contributed by atoms with Crippen LogP contribution in [0.1, 0.15) is 34.8 Å². The zero-order valence-electron chi connectivity index (χ0n) is 12.4. The molecule has 2 aromatic rings. The zero-order valence-corrected chi connectivity index (χ0v) is 13.9. The summed E-state index contributed by atoms with van der Waals surface area (Å²) in [6, 6.07) is 9.98. The van der Waals surface area contributed by atoms with E-state index in [1.54, 1.807) is 36.4 Å². The van der Waals surface area contributed by atoms with Crippen LogP contribution in [0.3, 0.4) is 0 Å². The van der Waals surface area contributed by atoms with Crippen LogP contribution < -0.4 is 10.6 Å². The molecule has 0 atom stereocenters.